The van der Waals surface area contributed by atoms with Crippen molar-refractivity contribution < 1.29 is 21.6 Å². The summed E-state index contributed by atoms with van der Waals surface area (Å²) in [6, 6.07) is 7.82. The van der Waals surface area contributed by atoms with Crippen molar-refractivity contribution in [1.82, 2.24) is 15.2 Å². The lowest BCUT2D eigenvalue weighted by molar-refractivity contribution is 0.577. The lowest BCUT2D eigenvalue weighted by Gasteiger charge is -2.10. The molecule has 0 amide bonds. The number of halogens is 3. The Bertz CT molecular complexity index is 1570. The molecule has 1 aliphatic rings. The van der Waals surface area contributed by atoms with E-state index in [1.54, 1.807) is 6.07 Å². The van der Waals surface area contributed by atoms with E-state index in [1.165, 1.54) is 12.3 Å². The molecule has 2 heterocycles. The monoisotopic (exact) mass is 468 g/mol. The molecule has 0 bridgehead atoms. The number of anilines is 1. The Morgan fingerprint density at radius 1 is 1.06 bits per heavy atom. The molecule has 166 valence electrons. The normalized spacial score (nSPS) is 13.5. The van der Waals surface area contributed by atoms with Gasteiger partial charge in [0.2, 0.25) is 0 Å². The number of benzene rings is 2. The highest BCUT2D eigenvalue weighted by Gasteiger charge is 2.27. The smallest absolute Gasteiger partial charge is 0.262 e. The summed E-state index contributed by atoms with van der Waals surface area (Å²) >= 11 is 0. The van der Waals surface area contributed by atoms with Crippen LogP contribution in [0.5, 0.6) is 0 Å². The molecule has 0 unspecified atom stereocenters. The van der Waals surface area contributed by atoms with Crippen molar-refractivity contribution in [2.24, 2.45) is 0 Å². The SMILES string of the molecule is O=S(=O)(Nc1ccc(F)c(C#Cc2cnc3n[nH]c(C4CC4)c3c2)c1F)c1cccc(F)c1. The summed E-state index contributed by atoms with van der Waals surface area (Å²) < 4.78 is 69.7. The van der Waals surface area contributed by atoms with Gasteiger partial charge in [0.25, 0.3) is 10.0 Å². The number of aromatic amines is 1. The maximum absolute atomic E-state index is 15.0. The zero-order valence-corrected chi connectivity index (χ0v) is 17.7. The van der Waals surface area contributed by atoms with Gasteiger partial charge in [-0.15, -0.1) is 0 Å². The molecule has 0 spiro atoms. The molecule has 33 heavy (non-hydrogen) atoms. The summed E-state index contributed by atoms with van der Waals surface area (Å²) in [4.78, 5) is 3.82. The van der Waals surface area contributed by atoms with Gasteiger partial charge in [0.15, 0.2) is 11.5 Å². The van der Waals surface area contributed by atoms with Crippen LogP contribution in [0.4, 0.5) is 18.9 Å². The van der Waals surface area contributed by atoms with E-state index in [-0.39, 0.29) is 0 Å². The van der Waals surface area contributed by atoms with Gasteiger partial charge in [0.1, 0.15) is 11.6 Å². The third-order valence-electron chi connectivity index (χ3n) is 5.20. The van der Waals surface area contributed by atoms with Crippen LogP contribution in [0.3, 0.4) is 0 Å². The summed E-state index contributed by atoms with van der Waals surface area (Å²) in [7, 11) is -4.30. The van der Waals surface area contributed by atoms with E-state index in [0.717, 1.165) is 54.3 Å². The number of fused-ring (bicyclic) bond motifs is 1. The van der Waals surface area contributed by atoms with E-state index in [1.807, 2.05) is 4.72 Å². The Labute approximate surface area is 186 Å². The molecule has 0 aliphatic heterocycles. The Hall–Kier alpha value is -3.84. The molecule has 1 fully saturated rings. The molecule has 2 aromatic heterocycles. The largest absolute Gasteiger partial charge is 0.279 e. The Morgan fingerprint density at radius 3 is 2.64 bits per heavy atom. The zero-order chi connectivity index (χ0) is 23.2. The third-order valence-corrected chi connectivity index (χ3v) is 6.56. The summed E-state index contributed by atoms with van der Waals surface area (Å²) in [5.74, 6) is 2.61. The zero-order valence-electron chi connectivity index (χ0n) is 16.9. The number of aromatic nitrogens is 3. The fourth-order valence-electron chi connectivity index (χ4n) is 3.39. The molecule has 5 rings (SSSR count). The van der Waals surface area contributed by atoms with Crippen LogP contribution in [0.25, 0.3) is 11.0 Å². The highest BCUT2D eigenvalue weighted by atomic mass is 32.2. The number of hydrogen-bond acceptors (Lipinski definition) is 4. The van der Waals surface area contributed by atoms with Crippen LogP contribution in [0.2, 0.25) is 0 Å². The molecule has 1 aliphatic carbocycles. The number of pyridine rings is 1. The highest BCUT2D eigenvalue weighted by molar-refractivity contribution is 7.92. The average Bonchev–Trinajstić information content (AvgIpc) is 3.54. The molecule has 1 saturated carbocycles. The first-order chi connectivity index (χ1) is 15.8. The number of rotatable bonds is 4. The van der Waals surface area contributed by atoms with E-state index in [0.29, 0.717) is 17.1 Å². The van der Waals surface area contributed by atoms with Gasteiger partial charge in [0.05, 0.1) is 16.1 Å². The van der Waals surface area contributed by atoms with Gasteiger partial charge in [0, 0.05) is 28.8 Å². The van der Waals surface area contributed by atoms with Crippen molar-refractivity contribution in [1.29, 1.82) is 0 Å². The van der Waals surface area contributed by atoms with Gasteiger partial charge in [-0.25, -0.2) is 26.6 Å². The lowest BCUT2D eigenvalue weighted by Crippen LogP contribution is -2.15. The van der Waals surface area contributed by atoms with Crippen LogP contribution in [-0.4, -0.2) is 23.6 Å². The second kappa shape index (κ2) is 7.94. The second-order valence-corrected chi connectivity index (χ2v) is 9.29. The van der Waals surface area contributed by atoms with Crippen molar-refractivity contribution in [3.8, 4) is 11.8 Å². The number of hydrogen-bond donors (Lipinski definition) is 2. The minimum atomic E-state index is -4.30. The molecule has 0 atom stereocenters. The Balaban J connectivity index is 1.48. The Morgan fingerprint density at radius 2 is 1.88 bits per heavy atom. The van der Waals surface area contributed by atoms with Gasteiger partial charge in [-0.1, -0.05) is 17.9 Å². The maximum Gasteiger partial charge on any atom is 0.262 e. The highest BCUT2D eigenvalue weighted by Crippen LogP contribution is 2.41. The number of sulfonamides is 1. The third kappa shape index (κ3) is 4.15. The average molecular weight is 468 g/mol. The van der Waals surface area contributed by atoms with Crippen molar-refractivity contribution >= 4 is 26.7 Å². The minimum Gasteiger partial charge on any atom is -0.279 e. The minimum absolute atomic E-state index is 0.398. The summed E-state index contributed by atoms with van der Waals surface area (Å²) in [5.41, 5.74) is 0.810. The standard InChI is InChI=1S/C23H15F3N4O2S/c24-15-2-1-3-16(11-15)33(31,32)30-20-9-8-19(25)17(21(20)26)7-4-13-10-18-22(14-5-6-14)28-29-23(18)27-12-13/h1-3,8-12,14,30H,5-6H2,(H,27,28,29). The van der Waals surface area contributed by atoms with Crippen LogP contribution in [-0.2, 0) is 10.0 Å². The van der Waals surface area contributed by atoms with Crippen LogP contribution < -0.4 is 4.72 Å². The maximum atomic E-state index is 15.0. The van der Waals surface area contributed by atoms with Crippen molar-refractivity contribution in [3.63, 3.8) is 0 Å². The predicted octanol–water partition coefficient (Wildman–Crippen LogP) is 4.45. The van der Waals surface area contributed by atoms with E-state index in [4.69, 9.17) is 0 Å². The van der Waals surface area contributed by atoms with Crippen LogP contribution in [0.1, 0.15) is 35.6 Å². The first-order valence-corrected chi connectivity index (χ1v) is 11.4. The van der Waals surface area contributed by atoms with Crippen LogP contribution >= 0.6 is 0 Å². The van der Waals surface area contributed by atoms with Gasteiger partial charge in [-0.3, -0.25) is 9.82 Å². The van der Waals surface area contributed by atoms with Gasteiger partial charge < -0.3 is 0 Å². The molecule has 4 aromatic rings. The predicted molar refractivity (Wildman–Crippen MR) is 115 cm³/mol. The van der Waals surface area contributed by atoms with E-state index in [9.17, 15) is 21.6 Å². The fourth-order valence-corrected chi connectivity index (χ4v) is 4.48. The molecule has 10 heteroatoms. The molecule has 0 radical (unpaired) electrons. The first kappa shape index (κ1) is 21.0. The van der Waals surface area contributed by atoms with Crippen molar-refractivity contribution in [2.75, 3.05) is 4.72 Å². The molecular formula is C23H15F3N4O2S. The fraction of sp³-hybridized carbons (Fsp3) is 0.130. The quantitative estimate of drug-likeness (QED) is 0.433. The van der Waals surface area contributed by atoms with E-state index >= 15 is 0 Å². The number of nitrogens with one attached hydrogen (secondary N) is 2. The summed E-state index contributed by atoms with van der Waals surface area (Å²) in [5, 5.41) is 7.93. The molecule has 0 saturated heterocycles. The first-order valence-electron chi connectivity index (χ1n) is 9.94. The van der Waals surface area contributed by atoms with Crippen molar-refractivity contribution in [2.45, 2.75) is 23.7 Å². The van der Waals surface area contributed by atoms with E-state index < -0.39 is 43.6 Å². The number of nitrogens with zero attached hydrogens (tertiary/aromatic N) is 2. The van der Waals surface area contributed by atoms with Crippen LogP contribution in [0.15, 0.2) is 53.6 Å². The van der Waals surface area contributed by atoms with E-state index in [2.05, 4.69) is 27.0 Å². The van der Waals surface area contributed by atoms with Crippen LogP contribution in [0, 0.1) is 29.3 Å². The van der Waals surface area contributed by atoms with Gasteiger partial charge >= 0.3 is 0 Å². The Kier molecular flexibility index (Phi) is 5.06. The molecular weight excluding hydrogens is 453 g/mol. The molecule has 6 nitrogen and oxygen atoms in total. The topological polar surface area (TPSA) is 87.7 Å². The summed E-state index contributed by atoms with van der Waals surface area (Å²) in [6.45, 7) is 0. The molecule has 2 aromatic carbocycles. The van der Waals surface area contributed by atoms with Gasteiger partial charge in [-0.2, -0.15) is 5.10 Å². The number of H-pyrrole nitrogens is 1. The second-order valence-electron chi connectivity index (χ2n) is 7.60. The molecule has 2 N–H and O–H groups in total. The van der Waals surface area contributed by atoms with Crippen molar-refractivity contribution in [3.05, 3.63) is 82.9 Å². The van der Waals surface area contributed by atoms with Gasteiger partial charge in [-0.05, 0) is 49.2 Å². The lowest BCUT2D eigenvalue weighted by atomic mass is 10.1. The summed E-state index contributed by atoms with van der Waals surface area (Å²) in [6.07, 6.45) is 3.56.